The molecule has 15 heavy (non-hydrogen) atoms. The van der Waals surface area contributed by atoms with Gasteiger partial charge in [-0.2, -0.15) is 0 Å². The normalized spacial score (nSPS) is 16.9. The lowest BCUT2D eigenvalue weighted by Crippen LogP contribution is -2.33. The number of hydrogen-bond acceptors (Lipinski definition) is 2. The minimum atomic E-state index is 0.358. The zero-order chi connectivity index (χ0) is 10.8. The fourth-order valence-electron chi connectivity index (χ4n) is 1.73. The second-order valence-electron chi connectivity index (χ2n) is 3.62. The molecule has 1 aromatic rings. The second kappa shape index (κ2) is 4.54. The summed E-state index contributed by atoms with van der Waals surface area (Å²) in [5.41, 5.74) is 1.12. The summed E-state index contributed by atoms with van der Waals surface area (Å²) in [6.07, 6.45) is 1.30. The Hall–Kier alpha value is -0.540. The van der Waals surface area contributed by atoms with E-state index < -0.39 is 0 Å². The fourth-order valence-corrected chi connectivity index (χ4v) is 2.67. The van der Waals surface area contributed by atoms with Gasteiger partial charge in [0.25, 0.3) is 0 Å². The van der Waals surface area contributed by atoms with Crippen LogP contribution in [0.2, 0.25) is 5.02 Å². The minimum absolute atomic E-state index is 0.358. The summed E-state index contributed by atoms with van der Waals surface area (Å²) in [5.74, 6) is 0.358. The van der Waals surface area contributed by atoms with Crippen LogP contribution in [-0.2, 0) is 4.79 Å². The van der Waals surface area contributed by atoms with Crippen molar-refractivity contribution in [3.05, 3.63) is 27.7 Å². The quantitative estimate of drug-likeness (QED) is 0.790. The number of carbonyl (C=O) groups is 1. The molecule has 0 aliphatic carbocycles. The molecule has 0 unspecified atom stereocenters. The highest BCUT2D eigenvalue weighted by molar-refractivity contribution is 9.10. The van der Waals surface area contributed by atoms with Crippen LogP contribution in [0.4, 0.5) is 5.69 Å². The van der Waals surface area contributed by atoms with E-state index in [1.807, 2.05) is 18.2 Å². The van der Waals surface area contributed by atoms with E-state index in [0.29, 0.717) is 18.6 Å². The Balaban J connectivity index is 2.19. The molecule has 1 fully saturated rings. The maximum atomic E-state index is 11.1. The van der Waals surface area contributed by atoms with Gasteiger partial charge < -0.3 is 4.90 Å². The lowest BCUT2D eigenvalue weighted by Gasteiger charge is -2.29. The number of anilines is 1. The molecule has 1 aromatic carbocycles. The van der Waals surface area contributed by atoms with Gasteiger partial charge in [0.15, 0.2) is 0 Å². The molecule has 0 radical (unpaired) electrons. The molecule has 0 bridgehead atoms. The number of benzene rings is 1. The number of rotatable bonds is 1. The van der Waals surface area contributed by atoms with Crippen LogP contribution in [0.5, 0.6) is 0 Å². The first-order valence-corrected chi connectivity index (χ1v) is 6.05. The van der Waals surface area contributed by atoms with Gasteiger partial charge in [0, 0.05) is 35.4 Å². The fraction of sp³-hybridized carbons (Fsp3) is 0.364. The van der Waals surface area contributed by atoms with E-state index in [1.165, 1.54) is 0 Å². The average Bonchev–Trinajstić information content (AvgIpc) is 2.20. The first-order valence-electron chi connectivity index (χ1n) is 4.88. The topological polar surface area (TPSA) is 20.3 Å². The predicted octanol–water partition coefficient (Wildman–Crippen LogP) is 3.27. The van der Waals surface area contributed by atoms with Gasteiger partial charge >= 0.3 is 0 Å². The molecular formula is C11H11BrClNO. The molecular weight excluding hydrogens is 277 g/mol. The molecule has 1 aliphatic heterocycles. The van der Waals surface area contributed by atoms with Crippen LogP contribution in [0.25, 0.3) is 0 Å². The van der Waals surface area contributed by atoms with Crippen molar-refractivity contribution in [2.24, 2.45) is 0 Å². The van der Waals surface area contributed by atoms with Gasteiger partial charge in [0.05, 0.1) is 5.69 Å². The van der Waals surface area contributed by atoms with Gasteiger partial charge in [-0.3, -0.25) is 4.79 Å². The van der Waals surface area contributed by atoms with Crippen molar-refractivity contribution in [3.63, 3.8) is 0 Å². The Morgan fingerprint density at radius 2 is 1.93 bits per heavy atom. The van der Waals surface area contributed by atoms with Crippen LogP contribution in [0, 0.1) is 0 Å². The SMILES string of the molecule is O=C1CCN(c2ccc(Cl)cc2Br)CC1. The average molecular weight is 289 g/mol. The summed E-state index contributed by atoms with van der Waals surface area (Å²) in [6.45, 7) is 1.61. The molecule has 0 aromatic heterocycles. The van der Waals surface area contributed by atoms with Gasteiger partial charge in [0.2, 0.25) is 0 Å². The Morgan fingerprint density at radius 1 is 1.27 bits per heavy atom. The highest BCUT2D eigenvalue weighted by Crippen LogP contribution is 2.30. The molecule has 2 nitrogen and oxygen atoms in total. The minimum Gasteiger partial charge on any atom is -0.370 e. The number of nitrogens with zero attached hydrogens (tertiary/aromatic N) is 1. The lowest BCUT2D eigenvalue weighted by atomic mass is 10.1. The Labute approximate surface area is 102 Å². The zero-order valence-corrected chi connectivity index (χ0v) is 10.5. The number of carbonyl (C=O) groups excluding carboxylic acids is 1. The van der Waals surface area contributed by atoms with E-state index in [1.54, 1.807) is 0 Å². The Morgan fingerprint density at radius 3 is 2.53 bits per heavy atom. The molecule has 2 rings (SSSR count). The van der Waals surface area contributed by atoms with Crippen molar-refractivity contribution in [3.8, 4) is 0 Å². The third kappa shape index (κ3) is 2.52. The second-order valence-corrected chi connectivity index (χ2v) is 4.91. The molecule has 1 heterocycles. The summed E-state index contributed by atoms with van der Waals surface area (Å²) >= 11 is 9.36. The number of halogens is 2. The van der Waals surface area contributed by atoms with E-state index in [2.05, 4.69) is 20.8 Å². The van der Waals surface area contributed by atoms with Gasteiger partial charge in [-0.25, -0.2) is 0 Å². The van der Waals surface area contributed by atoms with E-state index in [-0.39, 0.29) is 0 Å². The van der Waals surface area contributed by atoms with Crippen molar-refractivity contribution in [2.45, 2.75) is 12.8 Å². The van der Waals surface area contributed by atoms with Gasteiger partial charge in [0.1, 0.15) is 5.78 Å². The third-order valence-electron chi connectivity index (χ3n) is 2.57. The molecule has 4 heteroatoms. The molecule has 0 saturated carbocycles. The predicted molar refractivity (Wildman–Crippen MR) is 65.6 cm³/mol. The summed E-state index contributed by atoms with van der Waals surface area (Å²) in [6, 6.07) is 5.74. The molecule has 0 amide bonds. The van der Waals surface area contributed by atoms with Crippen molar-refractivity contribution >= 4 is 39.0 Å². The zero-order valence-electron chi connectivity index (χ0n) is 8.17. The summed E-state index contributed by atoms with van der Waals surface area (Å²) in [5, 5.41) is 0.721. The number of hydrogen-bond donors (Lipinski definition) is 0. The monoisotopic (exact) mass is 287 g/mol. The third-order valence-corrected chi connectivity index (χ3v) is 3.44. The Bertz CT molecular complexity index is 384. The van der Waals surface area contributed by atoms with Crippen LogP contribution in [0.15, 0.2) is 22.7 Å². The molecule has 0 spiro atoms. The van der Waals surface area contributed by atoms with Crippen LogP contribution < -0.4 is 4.90 Å². The van der Waals surface area contributed by atoms with Gasteiger partial charge in [-0.1, -0.05) is 11.6 Å². The molecule has 1 aliphatic rings. The highest BCUT2D eigenvalue weighted by Gasteiger charge is 2.17. The molecule has 0 N–H and O–H groups in total. The van der Waals surface area contributed by atoms with Crippen molar-refractivity contribution in [1.82, 2.24) is 0 Å². The lowest BCUT2D eigenvalue weighted by molar-refractivity contribution is -0.119. The summed E-state index contributed by atoms with van der Waals surface area (Å²) < 4.78 is 0.990. The maximum Gasteiger partial charge on any atom is 0.136 e. The molecule has 0 atom stereocenters. The van der Waals surface area contributed by atoms with E-state index in [0.717, 1.165) is 28.3 Å². The maximum absolute atomic E-state index is 11.1. The van der Waals surface area contributed by atoms with E-state index >= 15 is 0 Å². The standard InChI is InChI=1S/C11H11BrClNO/c12-10-7-8(13)1-2-11(10)14-5-3-9(15)4-6-14/h1-2,7H,3-6H2. The molecule has 1 saturated heterocycles. The number of piperidine rings is 1. The van der Waals surface area contributed by atoms with Gasteiger partial charge in [-0.15, -0.1) is 0 Å². The van der Waals surface area contributed by atoms with E-state index in [4.69, 9.17) is 11.6 Å². The number of ketones is 1. The number of Topliss-reactive ketones (excluding diaryl/α,β-unsaturated/α-hetero) is 1. The highest BCUT2D eigenvalue weighted by atomic mass is 79.9. The van der Waals surface area contributed by atoms with Crippen LogP contribution in [-0.4, -0.2) is 18.9 Å². The summed E-state index contributed by atoms with van der Waals surface area (Å²) in [4.78, 5) is 13.3. The van der Waals surface area contributed by atoms with Crippen molar-refractivity contribution in [2.75, 3.05) is 18.0 Å². The smallest absolute Gasteiger partial charge is 0.136 e. The van der Waals surface area contributed by atoms with E-state index in [9.17, 15) is 4.79 Å². The van der Waals surface area contributed by atoms with Crippen molar-refractivity contribution in [1.29, 1.82) is 0 Å². The van der Waals surface area contributed by atoms with Crippen molar-refractivity contribution < 1.29 is 4.79 Å². The van der Waals surface area contributed by atoms with Crippen LogP contribution in [0.1, 0.15) is 12.8 Å². The molecule has 80 valence electrons. The van der Waals surface area contributed by atoms with Crippen LogP contribution in [0.3, 0.4) is 0 Å². The largest absolute Gasteiger partial charge is 0.370 e. The van der Waals surface area contributed by atoms with Crippen LogP contribution >= 0.6 is 27.5 Å². The van der Waals surface area contributed by atoms with Gasteiger partial charge in [-0.05, 0) is 34.1 Å². The summed E-state index contributed by atoms with van der Waals surface area (Å²) in [7, 11) is 0. The first-order chi connectivity index (χ1) is 7.16. The first kappa shape index (κ1) is 11.0. The Kier molecular flexibility index (Phi) is 3.32.